The summed E-state index contributed by atoms with van der Waals surface area (Å²) in [5.74, 6) is 0.0400. The van der Waals surface area contributed by atoms with Crippen LogP contribution in [0.2, 0.25) is 0 Å². The fraction of sp³-hybridized carbons (Fsp3) is 0.667. The van der Waals surface area contributed by atoms with Crippen molar-refractivity contribution in [3.8, 4) is 0 Å². The van der Waals surface area contributed by atoms with Gasteiger partial charge in [0, 0.05) is 13.3 Å². The first-order valence-corrected chi connectivity index (χ1v) is 8.74. The Kier molecular flexibility index (Phi) is 8.81. The highest BCUT2D eigenvalue weighted by Crippen LogP contribution is 2.23. The number of unbranched alkanes of at least 4 members (excludes halogenated alkanes) is 6. The molecule has 0 aromatic heterocycles. The van der Waals surface area contributed by atoms with Gasteiger partial charge < -0.3 is 5.11 Å². The van der Waals surface area contributed by atoms with Gasteiger partial charge in [-0.25, -0.2) is 14.3 Å². The quantitative estimate of drug-likeness (QED) is 0.326. The maximum absolute atomic E-state index is 11.2. The van der Waals surface area contributed by atoms with Crippen molar-refractivity contribution >= 4 is 11.8 Å². The number of allylic oxidation sites excluding steroid dienone is 2. The van der Waals surface area contributed by atoms with E-state index in [0.29, 0.717) is 0 Å². The van der Waals surface area contributed by atoms with E-state index >= 15 is 0 Å². The Hall–Kier alpha value is -1.46. The first-order valence-electron chi connectivity index (χ1n) is 8.74. The number of aliphatic imine (C=N–C) groups is 1. The van der Waals surface area contributed by atoms with Gasteiger partial charge in [-0.3, -0.25) is 5.73 Å². The third kappa shape index (κ3) is 6.28. The van der Waals surface area contributed by atoms with E-state index in [-0.39, 0.29) is 17.2 Å². The molecule has 1 rings (SSSR count). The molecule has 0 spiro atoms. The Morgan fingerprint density at radius 1 is 1.30 bits per heavy atom. The lowest BCUT2D eigenvalue weighted by Crippen LogP contribution is -2.59. The van der Waals surface area contributed by atoms with Gasteiger partial charge >= 0.3 is 5.97 Å². The number of carbonyl (C=O) groups is 1. The van der Waals surface area contributed by atoms with E-state index in [9.17, 15) is 9.90 Å². The van der Waals surface area contributed by atoms with Crippen LogP contribution in [0.1, 0.15) is 65.2 Å². The van der Waals surface area contributed by atoms with Crippen LogP contribution >= 0.6 is 0 Å². The van der Waals surface area contributed by atoms with Crippen LogP contribution in [0.4, 0.5) is 0 Å². The molecular formula is C18H32N3O2+. The zero-order valence-electron chi connectivity index (χ0n) is 14.6. The topological polar surface area (TPSA) is 75.7 Å². The molecule has 0 aliphatic carbocycles. The molecule has 23 heavy (non-hydrogen) atoms. The van der Waals surface area contributed by atoms with Crippen LogP contribution in [-0.2, 0) is 4.79 Å². The molecule has 5 heteroatoms. The van der Waals surface area contributed by atoms with E-state index in [1.165, 1.54) is 32.1 Å². The van der Waals surface area contributed by atoms with Crippen LogP contribution in [-0.4, -0.2) is 34.1 Å². The molecule has 1 aliphatic heterocycles. The number of aliphatic carboxylic acids is 1. The predicted molar refractivity (Wildman–Crippen MR) is 94.7 cm³/mol. The maximum Gasteiger partial charge on any atom is 0.360 e. The van der Waals surface area contributed by atoms with Crippen LogP contribution in [0.15, 0.2) is 29.5 Å². The molecule has 0 saturated carbocycles. The van der Waals surface area contributed by atoms with Crippen molar-refractivity contribution in [2.24, 2.45) is 10.7 Å². The lowest BCUT2D eigenvalue weighted by atomic mass is 10.1. The van der Waals surface area contributed by atoms with E-state index in [1.54, 1.807) is 6.20 Å². The van der Waals surface area contributed by atoms with E-state index < -0.39 is 5.97 Å². The van der Waals surface area contributed by atoms with Gasteiger partial charge in [0.05, 0.1) is 6.20 Å². The van der Waals surface area contributed by atoms with Crippen LogP contribution in [0.25, 0.3) is 0 Å². The zero-order valence-corrected chi connectivity index (χ0v) is 14.6. The fourth-order valence-corrected chi connectivity index (χ4v) is 3.01. The number of rotatable bonds is 12. The van der Waals surface area contributed by atoms with Gasteiger partial charge in [0.1, 0.15) is 12.4 Å². The molecule has 3 N–H and O–H groups in total. The average Bonchev–Trinajstić information content (AvgIpc) is 2.89. The van der Waals surface area contributed by atoms with E-state index in [1.807, 2.05) is 13.1 Å². The number of quaternary nitrogens is 1. The number of hydrogen-bond donors (Lipinski definition) is 2. The summed E-state index contributed by atoms with van der Waals surface area (Å²) >= 11 is 0. The molecule has 0 aromatic carbocycles. The SMILES string of the molecule is C/C=C/CCCCCCCCC1=NC=C[N+]1(CC(=O)O)C(C)N. The number of nitrogens with zero attached hydrogens (tertiary/aromatic N) is 2. The van der Waals surface area contributed by atoms with Gasteiger partial charge in [-0.05, 0) is 26.2 Å². The van der Waals surface area contributed by atoms with Crippen molar-refractivity contribution in [3.05, 3.63) is 24.6 Å². The van der Waals surface area contributed by atoms with E-state index in [2.05, 4.69) is 24.1 Å². The van der Waals surface area contributed by atoms with Gasteiger partial charge in [0.25, 0.3) is 0 Å². The smallest absolute Gasteiger partial charge is 0.360 e. The first kappa shape index (κ1) is 19.6. The van der Waals surface area contributed by atoms with Crippen molar-refractivity contribution < 1.29 is 14.4 Å². The third-order valence-corrected chi connectivity index (χ3v) is 4.42. The summed E-state index contributed by atoms with van der Waals surface area (Å²) < 4.78 is 0.165. The molecule has 0 amide bonds. The fourth-order valence-electron chi connectivity index (χ4n) is 3.01. The second kappa shape index (κ2) is 10.3. The highest BCUT2D eigenvalue weighted by atomic mass is 16.4. The molecule has 130 valence electrons. The predicted octanol–water partition coefficient (Wildman–Crippen LogP) is 3.77. The Morgan fingerprint density at radius 3 is 2.57 bits per heavy atom. The second-order valence-electron chi connectivity index (χ2n) is 6.30. The van der Waals surface area contributed by atoms with Gasteiger partial charge in [0.2, 0.25) is 5.84 Å². The number of carboxylic acid groups (broad SMARTS) is 1. The highest BCUT2D eigenvalue weighted by molar-refractivity contribution is 5.81. The summed E-state index contributed by atoms with van der Waals surface area (Å²) in [4.78, 5) is 15.6. The Bertz CT molecular complexity index is 455. The second-order valence-corrected chi connectivity index (χ2v) is 6.30. The lowest BCUT2D eigenvalue weighted by molar-refractivity contribution is -0.805. The molecule has 0 saturated heterocycles. The summed E-state index contributed by atoms with van der Waals surface area (Å²) in [6.45, 7) is 3.88. The summed E-state index contributed by atoms with van der Waals surface area (Å²) in [5, 5.41) is 9.17. The molecular weight excluding hydrogens is 290 g/mol. The molecule has 0 radical (unpaired) electrons. The lowest BCUT2D eigenvalue weighted by Gasteiger charge is -2.34. The van der Waals surface area contributed by atoms with Crippen molar-refractivity contribution in [2.45, 2.75) is 71.4 Å². The zero-order chi connectivity index (χ0) is 17.1. The first-order chi connectivity index (χ1) is 11.0. The maximum atomic E-state index is 11.2. The molecule has 0 aromatic rings. The minimum atomic E-state index is -0.845. The minimum Gasteiger partial charge on any atom is -0.477 e. The molecule has 0 fully saturated rings. The highest BCUT2D eigenvalue weighted by Gasteiger charge is 2.40. The van der Waals surface area contributed by atoms with Crippen LogP contribution in [0.5, 0.6) is 0 Å². The van der Waals surface area contributed by atoms with E-state index in [4.69, 9.17) is 5.73 Å². The minimum absolute atomic E-state index is 0.0298. The summed E-state index contributed by atoms with van der Waals surface area (Å²) in [6.07, 6.45) is 16.8. The van der Waals surface area contributed by atoms with Crippen LogP contribution < -0.4 is 5.73 Å². The summed E-state index contributed by atoms with van der Waals surface area (Å²) in [7, 11) is 0. The average molecular weight is 322 g/mol. The molecule has 0 bridgehead atoms. The van der Waals surface area contributed by atoms with E-state index in [0.717, 1.165) is 25.1 Å². The Balaban J connectivity index is 2.29. The third-order valence-electron chi connectivity index (χ3n) is 4.42. The summed E-state index contributed by atoms with van der Waals surface area (Å²) in [5.41, 5.74) is 6.05. The number of hydrogen-bond acceptors (Lipinski definition) is 3. The Morgan fingerprint density at radius 2 is 1.96 bits per heavy atom. The molecule has 2 atom stereocenters. The normalized spacial score (nSPS) is 21.8. The molecule has 1 aliphatic rings. The van der Waals surface area contributed by atoms with Gasteiger partial charge in [-0.2, -0.15) is 0 Å². The van der Waals surface area contributed by atoms with Crippen LogP contribution in [0, 0.1) is 0 Å². The largest absolute Gasteiger partial charge is 0.477 e. The van der Waals surface area contributed by atoms with Crippen molar-refractivity contribution in [1.29, 1.82) is 0 Å². The van der Waals surface area contributed by atoms with Gasteiger partial charge in [0.15, 0.2) is 6.54 Å². The molecule has 5 nitrogen and oxygen atoms in total. The van der Waals surface area contributed by atoms with Crippen LogP contribution in [0.3, 0.4) is 0 Å². The monoisotopic (exact) mass is 322 g/mol. The number of amidine groups is 1. The van der Waals surface area contributed by atoms with Crippen molar-refractivity contribution in [2.75, 3.05) is 6.54 Å². The number of nitrogens with two attached hydrogens (primary N) is 1. The number of carboxylic acids is 1. The van der Waals surface area contributed by atoms with Crippen molar-refractivity contribution in [1.82, 2.24) is 0 Å². The van der Waals surface area contributed by atoms with Gasteiger partial charge in [-0.15, -0.1) is 0 Å². The Labute approximate surface area is 140 Å². The van der Waals surface area contributed by atoms with Gasteiger partial charge in [-0.1, -0.05) is 37.8 Å². The van der Waals surface area contributed by atoms with Crippen molar-refractivity contribution in [3.63, 3.8) is 0 Å². The molecule has 2 unspecified atom stereocenters. The standard InChI is InChI=1S/C18H31N3O2/c1-3-4-5-6-7-8-9-10-11-12-17-20-13-14-21(17,16(2)19)15-18(22)23/h3-4,13-14,16H,5-12,15,19H2,1-2H3/p+1/b4-3+. The summed E-state index contributed by atoms with van der Waals surface area (Å²) in [6, 6.07) is 0. The molecule has 1 heterocycles.